The zero-order valence-electron chi connectivity index (χ0n) is 26.0. The number of ether oxygens (including phenoxy) is 3. The predicted molar refractivity (Wildman–Crippen MR) is 165 cm³/mol. The number of piperazine rings is 1. The fraction of sp³-hybridized carbons (Fsp3) is 0.484. The zero-order chi connectivity index (χ0) is 33.1. The van der Waals surface area contributed by atoms with Gasteiger partial charge >= 0.3 is 5.92 Å². The fourth-order valence-corrected chi connectivity index (χ4v) is 5.77. The van der Waals surface area contributed by atoms with Gasteiger partial charge in [0.25, 0.3) is 5.91 Å². The summed E-state index contributed by atoms with van der Waals surface area (Å²) in [5.41, 5.74) is 1.56. The van der Waals surface area contributed by atoms with Gasteiger partial charge in [-0.3, -0.25) is 14.7 Å². The van der Waals surface area contributed by atoms with E-state index in [4.69, 9.17) is 14.2 Å². The molecule has 0 spiro atoms. The average Bonchev–Trinajstić information content (AvgIpc) is 3.05. The van der Waals surface area contributed by atoms with Crippen LogP contribution in [-0.2, 0) is 9.53 Å². The van der Waals surface area contributed by atoms with Crippen LogP contribution in [0, 0.1) is 11.3 Å². The van der Waals surface area contributed by atoms with Crippen molar-refractivity contribution in [2.24, 2.45) is 0 Å². The Kier molecular flexibility index (Phi) is 9.30. The third kappa shape index (κ3) is 7.02. The maximum absolute atomic E-state index is 14.9. The highest BCUT2D eigenvalue weighted by Gasteiger charge is 2.48. The number of likely N-dealkylation sites (tertiary alicyclic amines) is 1. The van der Waals surface area contributed by atoms with Gasteiger partial charge in [0.05, 0.1) is 56.1 Å². The largest absolute Gasteiger partial charge is 0.481 e. The van der Waals surface area contributed by atoms with Crippen LogP contribution >= 0.6 is 0 Å². The summed E-state index contributed by atoms with van der Waals surface area (Å²) in [5.74, 6) is -3.14. The minimum atomic E-state index is -3.41. The van der Waals surface area contributed by atoms with Crippen LogP contribution in [0.3, 0.4) is 0 Å². The first-order valence-electron chi connectivity index (χ1n) is 15.3. The maximum Gasteiger partial charge on any atom is 0.301 e. The fourth-order valence-electron chi connectivity index (χ4n) is 5.77. The van der Waals surface area contributed by atoms with Gasteiger partial charge in [-0.1, -0.05) is 0 Å². The summed E-state index contributed by atoms with van der Waals surface area (Å²) in [7, 11) is 1.57. The van der Waals surface area contributed by atoms with Crippen molar-refractivity contribution in [2.45, 2.75) is 37.5 Å². The predicted octanol–water partition coefficient (Wildman–Crippen LogP) is 2.07. The van der Waals surface area contributed by atoms with E-state index in [1.165, 1.54) is 25.4 Å². The smallest absolute Gasteiger partial charge is 0.301 e. The Bertz CT molecular complexity index is 1640. The SMILES string of the molecule is COc1nc(Nc2nccc(-c3cc(C#N)c(OC4CCN(C(=O)[C@H](C)O)CC4(F)F)cn3)n2)ccc1N1CCN(C2COC2)CC1. The Morgan fingerprint density at radius 1 is 1.15 bits per heavy atom. The van der Waals surface area contributed by atoms with Crippen LogP contribution in [0.15, 0.2) is 36.7 Å². The summed E-state index contributed by atoms with van der Waals surface area (Å²) in [6, 6.07) is 9.24. The molecule has 0 saturated carbocycles. The van der Waals surface area contributed by atoms with E-state index >= 15 is 0 Å². The van der Waals surface area contributed by atoms with Crippen LogP contribution in [-0.4, -0.2) is 125 Å². The number of anilines is 3. The highest BCUT2D eigenvalue weighted by Crippen LogP contribution is 2.34. The first-order valence-corrected chi connectivity index (χ1v) is 15.3. The molecule has 1 amide bonds. The molecule has 3 aliphatic rings. The van der Waals surface area contributed by atoms with E-state index in [-0.39, 0.29) is 30.2 Å². The normalized spacial score (nSPS) is 20.6. The van der Waals surface area contributed by atoms with Crippen molar-refractivity contribution in [1.82, 2.24) is 29.7 Å². The zero-order valence-corrected chi connectivity index (χ0v) is 26.0. The van der Waals surface area contributed by atoms with Crippen molar-refractivity contribution >= 4 is 23.4 Å². The minimum Gasteiger partial charge on any atom is -0.481 e. The van der Waals surface area contributed by atoms with Crippen LogP contribution in [0.5, 0.6) is 11.6 Å². The van der Waals surface area contributed by atoms with Gasteiger partial charge in [-0.2, -0.15) is 10.2 Å². The second-order valence-corrected chi connectivity index (χ2v) is 11.6. The number of nitrogens with one attached hydrogen (secondary N) is 1. The summed E-state index contributed by atoms with van der Waals surface area (Å²) in [4.78, 5) is 35.3. The molecule has 6 rings (SSSR count). The van der Waals surface area contributed by atoms with E-state index < -0.39 is 30.6 Å². The molecule has 0 aliphatic carbocycles. The summed E-state index contributed by atoms with van der Waals surface area (Å²) < 4.78 is 46.3. The van der Waals surface area contributed by atoms with Gasteiger partial charge in [0.1, 0.15) is 23.7 Å². The lowest BCUT2D eigenvalue weighted by atomic mass is 10.0. The van der Waals surface area contributed by atoms with E-state index in [1.54, 1.807) is 13.2 Å². The highest BCUT2D eigenvalue weighted by molar-refractivity contribution is 5.80. The number of amides is 1. The van der Waals surface area contributed by atoms with Crippen LogP contribution in [0.2, 0.25) is 0 Å². The molecule has 248 valence electrons. The number of methoxy groups -OCH3 is 1. The first-order chi connectivity index (χ1) is 22.6. The molecule has 47 heavy (non-hydrogen) atoms. The third-order valence-corrected chi connectivity index (χ3v) is 8.44. The maximum atomic E-state index is 14.9. The number of pyridine rings is 2. The lowest BCUT2D eigenvalue weighted by molar-refractivity contribution is -0.165. The van der Waals surface area contributed by atoms with Crippen LogP contribution in [0.4, 0.5) is 26.2 Å². The van der Waals surface area contributed by atoms with Gasteiger partial charge in [-0.05, 0) is 31.2 Å². The molecule has 0 bridgehead atoms. The molecule has 3 aromatic heterocycles. The quantitative estimate of drug-likeness (QED) is 0.346. The molecule has 3 aromatic rings. The Morgan fingerprint density at radius 2 is 1.94 bits per heavy atom. The lowest BCUT2D eigenvalue weighted by Crippen LogP contribution is -2.56. The Balaban J connectivity index is 1.12. The van der Waals surface area contributed by atoms with Crippen molar-refractivity contribution in [3.05, 3.63) is 42.2 Å². The van der Waals surface area contributed by atoms with Crippen LogP contribution in [0.25, 0.3) is 11.4 Å². The number of nitrogens with zero attached hydrogens (tertiary/aromatic N) is 8. The monoisotopic (exact) mass is 651 g/mol. The average molecular weight is 652 g/mol. The number of hydrogen-bond acceptors (Lipinski definition) is 13. The van der Waals surface area contributed by atoms with Crippen molar-refractivity contribution in [1.29, 1.82) is 5.26 Å². The van der Waals surface area contributed by atoms with Crippen LogP contribution < -0.4 is 19.7 Å². The van der Waals surface area contributed by atoms with Gasteiger partial charge in [-0.25, -0.2) is 18.7 Å². The molecule has 3 fully saturated rings. The number of nitriles is 1. The van der Waals surface area contributed by atoms with Crippen molar-refractivity contribution in [2.75, 3.05) is 69.8 Å². The number of piperidine rings is 1. The molecule has 2 N–H and O–H groups in total. The molecule has 0 aromatic carbocycles. The van der Waals surface area contributed by atoms with E-state index in [9.17, 15) is 23.9 Å². The summed E-state index contributed by atoms with van der Waals surface area (Å²) in [6.07, 6.45) is -0.433. The van der Waals surface area contributed by atoms with E-state index in [1.807, 2.05) is 18.2 Å². The second kappa shape index (κ2) is 13.6. The number of aliphatic hydroxyl groups excluding tert-OH is 1. The summed E-state index contributed by atoms with van der Waals surface area (Å²) >= 11 is 0. The molecule has 3 aliphatic heterocycles. The van der Waals surface area contributed by atoms with Gasteiger partial charge < -0.3 is 34.4 Å². The summed E-state index contributed by atoms with van der Waals surface area (Å²) in [5, 5.41) is 22.4. The van der Waals surface area contributed by atoms with Crippen molar-refractivity contribution in [3.63, 3.8) is 0 Å². The molecule has 16 heteroatoms. The van der Waals surface area contributed by atoms with Gasteiger partial charge in [0.15, 0.2) is 11.9 Å². The number of halogens is 2. The topological polar surface area (TPSA) is 162 Å². The minimum absolute atomic E-state index is 0.00902. The molecule has 0 radical (unpaired) electrons. The van der Waals surface area contributed by atoms with Gasteiger partial charge in [-0.15, -0.1) is 0 Å². The Morgan fingerprint density at radius 3 is 2.60 bits per heavy atom. The second-order valence-electron chi connectivity index (χ2n) is 11.6. The van der Waals surface area contributed by atoms with E-state index in [0.29, 0.717) is 29.1 Å². The summed E-state index contributed by atoms with van der Waals surface area (Å²) in [6.45, 7) is 5.46. The van der Waals surface area contributed by atoms with E-state index in [2.05, 4.69) is 35.1 Å². The molecule has 6 heterocycles. The standard InChI is InChI=1S/C31H35F2N9O5/c1-19(43)29(44)42-8-6-26(31(32,33)18-42)47-25-15-36-23(13-20(25)14-34)22-5-7-35-30(37-22)39-27-4-3-24(28(38-27)45-2)41-11-9-40(10-12-41)21-16-46-17-21/h3-5,7,13,15,19,21,26,43H,6,8-12,16-18H2,1-2H3,(H,35,37,38,39)/t19-,26?/m0/s1. The van der Waals surface area contributed by atoms with Crippen molar-refractivity contribution < 1.29 is 32.9 Å². The number of carbonyl (C=O) groups excluding carboxylic acids is 1. The number of carbonyl (C=O) groups is 1. The first kappa shape index (κ1) is 32.2. The number of rotatable bonds is 9. The molecule has 14 nitrogen and oxygen atoms in total. The third-order valence-electron chi connectivity index (χ3n) is 8.44. The number of alkyl halides is 2. The number of hydrogen-bond donors (Lipinski definition) is 2. The van der Waals surface area contributed by atoms with Crippen LogP contribution in [0.1, 0.15) is 18.9 Å². The molecule has 3 saturated heterocycles. The van der Waals surface area contributed by atoms with Gasteiger partial charge in [0, 0.05) is 45.3 Å². The Labute approximate surface area is 269 Å². The number of aliphatic hydroxyl groups is 1. The van der Waals surface area contributed by atoms with Crippen molar-refractivity contribution in [3.8, 4) is 29.1 Å². The molecular formula is C31H35F2N9O5. The van der Waals surface area contributed by atoms with E-state index in [0.717, 1.165) is 50.0 Å². The lowest BCUT2D eigenvalue weighted by Gasteiger charge is -2.43. The Hall–Kier alpha value is -4.72. The molecule has 1 unspecified atom stereocenters. The van der Waals surface area contributed by atoms with Gasteiger partial charge in [0.2, 0.25) is 11.8 Å². The highest BCUT2D eigenvalue weighted by atomic mass is 19.3. The molecule has 2 atom stereocenters. The number of aromatic nitrogens is 4. The molecular weight excluding hydrogens is 616 g/mol.